The highest BCUT2D eigenvalue weighted by molar-refractivity contribution is 9.10. The molecular formula is C16H14BrClN2O4. The Bertz CT molecular complexity index is 769. The number of nitrogens with zero attached hydrogens (tertiary/aromatic N) is 1. The summed E-state index contributed by atoms with van der Waals surface area (Å²) >= 11 is 9.35. The molecule has 1 atom stereocenters. The van der Waals surface area contributed by atoms with Crippen LogP contribution in [0.1, 0.15) is 18.5 Å². The van der Waals surface area contributed by atoms with E-state index in [0.717, 1.165) is 10.0 Å². The SMILES string of the molecule is C[C@@H](NC(=O)COc1ccc([N+](=O)[O-])cc1Cl)c1ccccc1Br. The lowest BCUT2D eigenvalue weighted by Crippen LogP contribution is -2.31. The number of amides is 1. The molecule has 0 radical (unpaired) electrons. The predicted molar refractivity (Wildman–Crippen MR) is 94.3 cm³/mol. The molecule has 0 saturated carbocycles. The number of nitrogens with one attached hydrogen (secondary N) is 1. The van der Waals surface area contributed by atoms with Gasteiger partial charge in [0.2, 0.25) is 0 Å². The van der Waals surface area contributed by atoms with Crippen molar-refractivity contribution < 1.29 is 14.5 Å². The molecule has 0 aliphatic carbocycles. The lowest BCUT2D eigenvalue weighted by molar-refractivity contribution is -0.384. The van der Waals surface area contributed by atoms with Crippen LogP contribution < -0.4 is 10.1 Å². The van der Waals surface area contributed by atoms with Gasteiger partial charge in [0.05, 0.1) is 16.0 Å². The van der Waals surface area contributed by atoms with E-state index in [4.69, 9.17) is 16.3 Å². The number of non-ortho nitro benzene ring substituents is 1. The van der Waals surface area contributed by atoms with Crippen molar-refractivity contribution in [3.63, 3.8) is 0 Å². The van der Waals surface area contributed by atoms with Crippen molar-refractivity contribution in [3.8, 4) is 5.75 Å². The van der Waals surface area contributed by atoms with Crippen molar-refractivity contribution >= 4 is 39.1 Å². The summed E-state index contributed by atoms with van der Waals surface area (Å²) in [4.78, 5) is 22.1. The van der Waals surface area contributed by atoms with Crippen molar-refractivity contribution in [1.29, 1.82) is 0 Å². The Morgan fingerprint density at radius 3 is 2.71 bits per heavy atom. The van der Waals surface area contributed by atoms with Gasteiger partial charge < -0.3 is 10.1 Å². The fourth-order valence-electron chi connectivity index (χ4n) is 2.05. The second-order valence-electron chi connectivity index (χ2n) is 4.97. The van der Waals surface area contributed by atoms with Crippen LogP contribution in [0.2, 0.25) is 5.02 Å². The topological polar surface area (TPSA) is 81.5 Å². The molecular weight excluding hydrogens is 400 g/mol. The largest absolute Gasteiger partial charge is 0.482 e. The van der Waals surface area contributed by atoms with Gasteiger partial charge in [0.15, 0.2) is 6.61 Å². The molecule has 1 amide bonds. The summed E-state index contributed by atoms with van der Waals surface area (Å²) in [5, 5.41) is 13.5. The van der Waals surface area contributed by atoms with Crippen LogP contribution in [-0.4, -0.2) is 17.4 Å². The Labute approximate surface area is 152 Å². The first-order valence-corrected chi connectivity index (χ1v) is 8.16. The Hall–Kier alpha value is -2.12. The number of nitro benzene ring substituents is 1. The van der Waals surface area contributed by atoms with E-state index in [0.29, 0.717) is 0 Å². The summed E-state index contributed by atoms with van der Waals surface area (Å²) < 4.78 is 6.22. The molecule has 24 heavy (non-hydrogen) atoms. The average Bonchev–Trinajstić information content (AvgIpc) is 2.53. The molecule has 126 valence electrons. The van der Waals surface area contributed by atoms with Gasteiger partial charge in [-0.3, -0.25) is 14.9 Å². The summed E-state index contributed by atoms with van der Waals surface area (Å²) in [6.07, 6.45) is 0. The van der Waals surface area contributed by atoms with E-state index in [-0.39, 0.29) is 35.0 Å². The number of benzene rings is 2. The number of ether oxygens (including phenoxy) is 1. The third-order valence-electron chi connectivity index (χ3n) is 3.23. The fraction of sp³-hybridized carbons (Fsp3) is 0.188. The van der Waals surface area contributed by atoms with E-state index in [1.807, 2.05) is 31.2 Å². The van der Waals surface area contributed by atoms with Gasteiger partial charge in [0.25, 0.3) is 11.6 Å². The minimum Gasteiger partial charge on any atom is -0.482 e. The molecule has 0 spiro atoms. The van der Waals surface area contributed by atoms with Gasteiger partial charge in [-0.1, -0.05) is 45.7 Å². The zero-order valence-corrected chi connectivity index (χ0v) is 15.0. The number of hydrogen-bond acceptors (Lipinski definition) is 4. The summed E-state index contributed by atoms with van der Waals surface area (Å²) in [6.45, 7) is 1.61. The first-order valence-electron chi connectivity index (χ1n) is 6.99. The zero-order chi connectivity index (χ0) is 17.7. The normalized spacial score (nSPS) is 11.6. The molecule has 0 heterocycles. The standard InChI is InChI=1S/C16H14BrClN2O4/c1-10(12-4-2-3-5-13(12)17)19-16(21)9-24-15-7-6-11(20(22)23)8-14(15)18/h2-8,10H,9H2,1H3,(H,19,21)/t10-/m1/s1. The van der Waals surface area contributed by atoms with E-state index >= 15 is 0 Å². The number of hydrogen-bond donors (Lipinski definition) is 1. The fourth-order valence-corrected chi connectivity index (χ4v) is 2.91. The summed E-state index contributed by atoms with van der Waals surface area (Å²) in [7, 11) is 0. The van der Waals surface area contributed by atoms with E-state index in [9.17, 15) is 14.9 Å². The Kier molecular flexibility index (Phi) is 6.16. The van der Waals surface area contributed by atoms with Crippen LogP contribution in [0, 0.1) is 10.1 Å². The second-order valence-corrected chi connectivity index (χ2v) is 6.23. The lowest BCUT2D eigenvalue weighted by Gasteiger charge is -2.16. The average molecular weight is 414 g/mol. The Morgan fingerprint density at radius 1 is 1.38 bits per heavy atom. The number of rotatable bonds is 6. The molecule has 2 aromatic rings. The van der Waals surface area contributed by atoms with Crippen molar-refractivity contribution in [2.75, 3.05) is 6.61 Å². The van der Waals surface area contributed by atoms with Gasteiger partial charge in [-0.15, -0.1) is 0 Å². The predicted octanol–water partition coefficient (Wildman–Crippen LogP) is 4.27. The minimum absolute atomic E-state index is 0.0795. The molecule has 2 rings (SSSR count). The third-order valence-corrected chi connectivity index (χ3v) is 4.25. The van der Waals surface area contributed by atoms with Gasteiger partial charge in [0, 0.05) is 16.6 Å². The van der Waals surface area contributed by atoms with Crippen LogP contribution in [0.3, 0.4) is 0 Å². The van der Waals surface area contributed by atoms with Crippen LogP contribution in [0.4, 0.5) is 5.69 Å². The van der Waals surface area contributed by atoms with Crippen LogP contribution in [-0.2, 0) is 4.79 Å². The van der Waals surface area contributed by atoms with Crippen molar-refractivity contribution in [1.82, 2.24) is 5.32 Å². The molecule has 6 nitrogen and oxygen atoms in total. The highest BCUT2D eigenvalue weighted by atomic mass is 79.9. The summed E-state index contributed by atoms with van der Waals surface area (Å²) in [6, 6.07) is 11.2. The quantitative estimate of drug-likeness (QED) is 0.566. The maximum absolute atomic E-state index is 12.0. The first-order chi connectivity index (χ1) is 11.4. The van der Waals surface area contributed by atoms with E-state index < -0.39 is 4.92 Å². The maximum atomic E-state index is 12.0. The van der Waals surface area contributed by atoms with Crippen LogP contribution >= 0.6 is 27.5 Å². The van der Waals surface area contributed by atoms with Gasteiger partial charge in [0.1, 0.15) is 5.75 Å². The highest BCUT2D eigenvalue weighted by Gasteiger charge is 2.14. The van der Waals surface area contributed by atoms with Gasteiger partial charge in [-0.2, -0.15) is 0 Å². The Balaban J connectivity index is 1.94. The van der Waals surface area contributed by atoms with Gasteiger partial charge in [-0.05, 0) is 24.6 Å². The van der Waals surface area contributed by atoms with E-state index in [1.165, 1.54) is 18.2 Å². The smallest absolute Gasteiger partial charge is 0.271 e. The van der Waals surface area contributed by atoms with Crippen molar-refractivity contribution in [2.45, 2.75) is 13.0 Å². The lowest BCUT2D eigenvalue weighted by atomic mass is 10.1. The molecule has 0 aromatic heterocycles. The first kappa shape index (κ1) is 18.2. The molecule has 8 heteroatoms. The van der Waals surface area contributed by atoms with Crippen LogP contribution in [0.25, 0.3) is 0 Å². The van der Waals surface area contributed by atoms with Crippen molar-refractivity contribution in [3.05, 3.63) is 67.6 Å². The maximum Gasteiger partial charge on any atom is 0.271 e. The molecule has 0 unspecified atom stereocenters. The van der Waals surface area contributed by atoms with Gasteiger partial charge in [-0.25, -0.2) is 0 Å². The third kappa shape index (κ3) is 4.69. The number of nitro groups is 1. The van der Waals surface area contributed by atoms with E-state index in [1.54, 1.807) is 0 Å². The van der Waals surface area contributed by atoms with Crippen LogP contribution in [0.5, 0.6) is 5.75 Å². The molecule has 0 aliphatic heterocycles. The Morgan fingerprint density at radius 2 is 2.08 bits per heavy atom. The van der Waals surface area contributed by atoms with E-state index in [2.05, 4.69) is 21.2 Å². The molecule has 0 fully saturated rings. The van der Waals surface area contributed by atoms with Gasteiger partial charge >= 0.3 is 0 Å². The molecule has 0 aliphatic rings. The second kappa shape index (κ2) is 8.12. The number of carbonyl (C=O) groups is 1. The monoisotopic (exact) mass is 412 g/mol. The number of halogens is 2. The number of carbonyl (C=O) groups excluding carboxylic acids is 1. The highest BCUT2D eigenvalue weighted by Crippen LogP contribution is 2.28. The summed E-state index contributed by atoms with van der Waals surface area (Å²) in [5.41, 5.74) is 0.804. The zero-order valence-electron chi connectivity index (χ0n) is 12.7. The molecule has 0 bridgehead atoms. The molecule has 0 saturated heterocycles. The molecule has 1 N–H and O–H groups in total. The summed E-state index contributed by atoms with van der Waals surface area (Å²) in [5.74, 6) is -0.112. The minimum atomic E-state index is -0.554. The van der Waals surface area contributed by atoms with Crippen molar-refractivity contribution in [2.24, 2.45) is 0 Å². The molecule has 2 aromatic carbocycles. The van der Waals surface area contributed by atoms with Crippen LogP contribution in [0.15, 0.2) is 46.9 Å².